The molecule has 1 aliphatic heterocycles. The largest absolute Gasteiger partial charge is 0.497 e. The fourth-order valence-corrected chi connectivity index (χ4v) is 3.26. The average molecular weight is 383 g/mol. The fraction of sp³-hybridized carbons (Fsp3) is 0.333. The molecule has 0 aliphatic carbocycles. The third-order valence-electron chi connectivity index (χ3n) is 4.75. The summed E-state index contributed by atoms with van der Waals surface area (Å²) in [5.41, 5.74) is 3.49. The van der Waals surface area contributed by atoms with Crippen LogP contribution in [0, 0.1) is 0 Å². The summed E-state index contributed by atoms with van der Waals surface area (Å²) in [6, 6.07) is 10.6. The molecule has 2 N–H and O–H groups in total. The molecule has 0 aromatic heterocycles. The Labute approximate surface area is 164 Å². The number of carbonyl (C=O) groups is 2. The molecule has 2 amide bonds. The molecule has 0 fully saturated rings. The maximum absolute atomic E-state index is 12.6. The number of amides is 2. The highest BCUT2D eigenvalue weighted by Gasteiger charge is 2.22. The average Bonchev–Trinajstić information content (AvgIpc) is 3.11. The second kappa shape index (κ2) is 8.21. The first-order valence-electron chi connectivity index (χ1n) is 9.12. The molecule has 3 rings (SSSR count). The number of rotatable bonds is 6. The van der Waals surface area contributed by atoms with Crippen LogP contribution in [0.1, 0.15) is 19.4 Å². The van der Waals surface area contributed by atoms with E-state index in [9.17, 15) is 9.59 Å². The van der Waals surface area contributed by atoms with Gasteiger partial charge in [0.25, 0.3) is 0 Å². The van der Waals surface area contributed by atoms with E-state index in [2.05, 4.69) is 10.6 Å². The van der Waals surface area contributed by atoms with Gasteiger partial charge in [0.2, 0.25) is 11.8 Å². The van der Waals surface area contributed by atoms with E-state index in [0.29, 0.717) is 23.7 Å². The number of carbonyl (C=O) groups excluding carboxylic acids is 2. The van der Waals surface area contributed by atoms with Gasteiger partial charge in [-0.15, -0.1) is 0 Å². The second-order valence-corrected chi connectivity index (χ2v) is 6.72. The molecule has 0 bridgehead atoms. The lowest BCUT2D eigenvalue weighted by atomic mass is 10.1. The highest BCUT2D eigenvalue weighted by Crippen LogP contribution is 2.31. The lowest BCUT2D eigenvalue weighted by molar-refractivity contribution is -0.117. The van der Waals surface area contributed by atoms with Crippen molar-refractivity contribution < 1.29 is 19.1 Å². The highest BCUT2D eigenvalue weighted by molar-refractivity contribution is 5.97. The highest BCUT2D eigenvalue weighted by atomic mass is 16.5. The van der Waals surface area contributed by atoms with Crippen molar-refractivity contribution in [2.75, 3.05) is 36.3 Å². The SMILES string of the molecule is COc1cc(NC(=O)C(C)Nc2ccc3c(c2)CCN3C(C)=O)cc(OC)c1. The number of nitrogens with zero attached hydrogens (tertiary/aromatic N) is 1. The molecule has 2 aromatic rings. The third-order valence-corrected chi connectivity index (χ3v) is 4.75. The Morgan fingerprint density at radius 1 is 1.04 bits per heavy atom. The lowest BCUT2D eigenvalue weighted by Crippen LogP contribution is -2.31. The molecule has 28 heavy (non-hydrogen) atoms. The molecule has 0 radical (unpaired) electrons. The van der Waals surface area contributed by atoms with E-state index < -0.39 is 6.04 Å². The molecule has 1 unspecified atom stereocenters. The number of methoxy groups -OCH3 is 2. The Balaban J connectivity index is 1.67. The summed E-state index contributed by atoms with van der Waals surface area (Å²) in [5.74, 6) is 1.06. The quantitative estimate of drug-likeness (QED) is 0.801. The number of hydrogen-bond donors (Lipinski definition) is 2. The van der Waals surface area contributed by atoms with Crippen LogP contribution in [0.5, 0.6) is 11.5 Å². The smallest absolute Gasteiger partial charge is 0.246 e. The standard InChI is InChI=1S/C21H25N3O4/c1-13(21(26)23-17-10-18(27-3)12-19(11-17)28-4)22-16-5-6-20-15(9-16)7-8-24(20)14(2)25/h5-6,9-13,22H,7-8H2,1-4H3,(H,23,26). The maximum atomic E-state index is 12.6. The van der Waals surface area contributed by atoms with Gasteiger partial charge in [0.15, 0.2) is 0 Å². The van der Waals surface area contributed by atoms with Crippen molar-refractivity contribution >= 4 is 28.9 Å². The minimum atomic E-state index is -0.458. The van der Waals surface area contributed by atoms with Crippen molar-refractivity contribution in [1.29, 1.82) is 0 Å². The number of ether oxygens (including phenoxy) is 2. The van der Waals surface area contributed by atoms with Crippen molar-refractivity contribution in [3.05, 3.63) is 42.0 Å². The Bertz CT molecular complexity index is 875. The van der Waals surface area contributed by atoms with Crippen LogP contribution in [0.25, 0.3) is 0 Å². The van der Waals surface area contributed by atoms with Gasteiger partial charge in [-0.1, -0.05) is 0 Å². The van der Waals surface area contributed by atoms with Crippen molar-refractivity contribution in [2.24, 2.45) is 0 Å². The van der Waals surface area contributed by atoms with Crippen LogP contribution in [0.3, 0.4) is 0 Å². The van der Waals surface area contributed by atoms with E-state index in [1.165, 1.54) is 0 Å². The molecular weight excluding hydrogens is 358 g/mol. The van der Waals surface area contributed by atoms with E-state index in [1.54, 1.807) is 51.2 Å². The van der Waals surface area contributed by atoms with Gasteiger partial charge in [0.1, 0.15) is 17.5 Å². The van der Waals surface area contributed by atoms with E-state index in [-0.39, 0.29) is 11.8 Å². The number of nitrogens with one attached hydrogen (secondary N) is 2. The van der Waals surface area contributed by atoms with E-state index in [1.807, 2.05) is 18.2 Å². The van der Waals surface area contributed by atoms with Crippen LogP contribution in [-0.2, 0) is 16.0 Å². The molecular formula is C21H25N3O4. The van der Waals surface area contributed by atoms with Gasteiger partial charge >= 0.3 is 0 Å². The number of hydrogen-bond acceptors (Lipinski definition) is 5. The minimum Gasteiger partial charge on any atom is -0.497 e. The Kier molecular flexibility index (Phi) is 5.73. The summed E-state index contributed by atoms with van der Waals surface area (Å²) in [4.78, 5) is 26.0. The Hall–Kier alpha value is -3.22. The summed E-state index contributed by atoms with van der Waals surface area (Å²) in [6.07, 6.45) is 0.814. The van der Waals surface area contributed by atoms with E-state index >= 15 is 0 Å². The number of fused-ring (bicyclic) bond motifs is 1. The lowest BCUT2D eigenvalue weighted by Gasteiger charge is -2.18. The Morgan fingerprint density at radius 3 is 2.32 bits per heavy atom. The van der Waals surface area contributed by atoms with Crippen LogP contribution >= 0.6 is 0 Å². The van der Waals surface area contributed by atoms with Gasteiger partial charge in [-0.2, -0.15) is 0 Å². The summed E-state index contributed by atoms with van der Waals surface area (Å²) in [6.45, 7) is 4.06. The first-order chi connectivity index (χ1) is 13.4. The maximum Gasteiger partial charge on any atom is 0.246 e. The molecule has 1 heterocycles. The first kappa shape index (κ1) is 19.5. The molecule has 148 valence electrons. The Morgan fingerprint density at radius 2 is 1.71 bits per heavy atom. The zero-order chi connectivity index (χ0) is 20.3. The predicted molar refractivity (Wildman–Crippen MR) is 109 cm³/mol. The van der Waals surface area contributed by atoms with Crippen molar-refractivity contribution in [2.45, 2.75) is 26.3 Å². The van der Waals surface area contributed by atoms with Gasteiger partial charge in [-0.3, -0.25) is 9.59 Å². The van der Waals surface area contributed by atoms with Crippen molar-refractivity contribution in [1.82, 2.24) is 0 Å². The summed E-state index contributed by atoms with van der Waals surface area (Å²) < 4.78 is 10.5. The van der Waals surface area contributed by atoms with Gasteiger partial charge < -0.3 is 25.0 Å². The molecule has 0 saturated carbocycles. The predicted octanol–water partition coefficient (Wildman–Crippen LogP) is 3.05. The molecule has 7 heteroatoms. The van der Waals surface area contributed by atoms with E-state index in [0.717, 1.165) is 23.4 Å². The normalized spacial score (nSPS) is 13.5. The number of anilines is 3. The van der Waals surface area contributed by atoms with Gasteiger partial charge in [-0.05, 0) is 37.1 Å². The van der Waals surface area contributed by atoms with Gasteiger partial charge in [-0.25, -0.2) is 0 Å². The van der Waals surface area contributed by atoms with E-state index in [4.69, 9.17) is 9.47 Å². The van der Waals surface area contributed by atoms with Crippen LogP contribution in [0.15, 0.2) is 36.4 Å². The summed E-state index contributed by atoms with van der Waals surface area (Å²) in [5, 5.41) is 6.09. The van der Waals surface area contributed by atoms with Crippen molar-refractivity contribution in [3.63, 3.8) is 0 Å². The van der Waals surface area contributed by atoms with Crippen LogP contribution in [0.4, 0.5) is 17.1 Å². The zero-order valence-corrected chi connectivity index (χ0v) is 16.5. The van der Waals surface area contributed by atoms with Gasteiger partial charge in [0, 0.05) is 48.7 Å². The topological polar surface area (TPSA) is 79.9 Å². The summed E-state index contributed by atoms with van der Waals surface area (Å²) in [7, 11) is 3.12. The zero-order valence-electron chi connectivity index (χ0n) is 16.5. The minimum absolute atomic E-state index is 0.0425. The first-order valence-corrected chi connectivity index (χ1v) is 9.12. The fourth-order valence-electron chi connectivity index (χ4n) is 3.26. The third kappa shape index (κ3) is 4.19. The molecule has 2 aromatic carbocycles. The number of benzene rings is 2. The van der Waals surface area contributed by atoms with Gasteiger partial charge in [0.05, 0.1) is 14.2 Å². The monoisotopic (exact) mass is 383 g/mol. The molecule has 1 aliphatic rings. The van der Waals surface area contributed by atoms with Crippen molar-refractivity contribution in [3.8, 4) is 11.5 Å². The molecule has 0 saturated heterocycles. The molecule has 7 nitrogen and oxygen atoms in total. The summed E-state index contributed by atoms with van der Waals surface area (Å²) >= 11 is 0. The van der Waals surface area contributed by atoms with Crippen LogP contribution in [0.2, 0.25) is 0 Å². The second-order valence-electron chi connectivity index (χ2n) is 6.72. The van der Waals surface area contributed by atoms with Crippen LogP contribution in [-0.4, -0.2) is 38.6 Å². The molecule has 0 spiro atoms. The van der Waals surface area contributed by atoms with Crippen LogP contribution < -0.4 is 25.0 Å². The molecule has 1 atom stereocenters.